The molecule has 0 aliphatic rings. The molecule has 4 heteroatoms. The van der Waals surface area contributed by atoms with E-state index in [-0.39, 0.29) is 19.2 Å². The largest absolute Gasteiger partial charge is 0.457 e. The van der Waals surface area contributed by atoms with E-state index in [9.17, 15) is 9.90 Å². The smallest absolute Gasteiger partial charge is 0.306 e. The van der Waals surface area contributed by atoms with Gasteiger partial charge in [-0.15, -0.1) is 0 Å². The van der Waals surface area contributed by atoms with E-state index in [1.54, 1.807) is 0 Å². The van der Waals surface area contributed by atoms with Gasteiger partial charge in [0.25, 0.3) is 0 Å². The molecule has 0 heterocycles. The minimum atomic E-state index is -0.546. The lowest BCUT2D eigenvalue weighted by atomic mass is 10.0. The number of rotatable bonds is 46. The van der Waals surface area contributed by atoms with E-state index >= 15 is 0 Å². The van der Waals surface area contributed by atoms with Gasteiger partial charge in [0.2, 0.25) is 0 Å². The molecule has 1 N–H and O–H groups in total. The zero-order valence-corrected chi connectivity index (χ0v) is 39.0. The average Bonchev–Trinajstić information content (AvgIpc) is 3.24. The third-order valence-corrected chi connectivity index (χ3v) is 10.7. The maximum atomic E-state index is 12.3. The van der Waals surface area contributed by atoms with E-state index in [1.165, 1.54) is 154 Å². The predicted molar refractivity (Wildman–Crippen MR) is 260 cm³/mol. The van der Waals surface area contributed by atoms with Crippen molar-refractivity contribution in [3.05, 3.63) is 85.1 Å². The predicted octanol–water partition coefficient (Wildman–Crippen LogP) is 17.1. The van der Waals surface area contributed by atoms with E-state index in [0.717, 1.165) is 57.8 Å². The first kappa shape index (κ1) is 56.6. The van der Waals surface area contributed by atoms with E-state index in [0.29, 0.717) is 13.0 Å². The molecule has 0 aromatic carbocycles. The van der Waals surface area contributed by atoms with Crippen LogP contribution in [0.2, 0.25) is 0 Å². The molecule has 4 nitrogen and oxygen atoms in total. The van der Waals surface area contributed by atoms with Gasteiger partial charge in [-0.3, -0.25) is 4.79 Å². The van der Waals surface area contributed by atoms with Crippen LogP contribution < -0.4 is 0 Å². The highest BCUT2D eigenvalue weighted by atomic mass is 16.6. The van der Waals surface area contributed by atoms with E-state index in [2.05, 4.69) is 98.9 Å². The molecule has 0 aromatic rings. The molecule has 0 saturated carbocycles. The maximum Gasteiger partial charge on any atom is 0.306 e. The Hall–Kier alpha value is -2.43. The summed E-state index contributed by atoms with van der Waals surface area (Å²) in [5, 5.41) is 9.65. The second kappa shape index (κ2) is 51.7. The van der Waals surface area contributed by atoms with E-state index in [1.807, 2.05) is 0 Å². The number of carbonyl (C=O) groups excluding carboxylic acids is 1. The summed E-state index contributed by atoms with van der Waals surface area (Å²) >= 11 is 0. The Morgan fingerprint density at radius 2 is 0.763 bits per heavy atom. The molecule has 0 fully saturated rings. The number of hydrogen-bond donors (Lipinski definition) is 1. The fourth-order valence-electron chi connectivity index (χ4n) is 6.97. The summed E-state index contributed by atoms with van der Waals surface area (Å²) in [6.45, 7) is 5.21. The van der Waals surface area contributed by atoms with Crippen molar-refractivity contribution in [1.29, 1.82) is 0 Å². The Morgan fingerprint density at radius 3 is 1.15 bits per heavy atom. The minimum Gasteiger partial charge on any atom is -0.457 e. The van der Waals surface area contributed by atoms with Crippen LogP contribution in [-0.2, 0) is 14.3 Å². The Morgan fingerprint density at radius 1 is 0.424 bits per heavy atom. The number of unbranched alkanes of at least 4 members (excludes halogenated alkanes) is 24. The molecule has 59 heavy (non-hydrogen) atoms. The van der Waals surface area contributed by atoms with Gasteiger partial charge in [0.15, 0.2) is 0 Å². The van der Waals surface area contributed by atoms with Crippen molar-refractivity contribution in [3.63, 3.8) is 0 Å². The number of ether oxygens (including phenoxy) is 2. The van der Waals surface area contributed by atoms with Crippen LogP contribution in [0.5, 0.6) is 0 Å². The highest BCUT2D eigenvalue weighted by molar-refractivity contribution is 5.69. The van der Waals surface area contributed by atoms with Gasteiger partial charge in [-0.2, -0.15) is 0 Å². The first-order chi connectivity index (χ1) is 29.2. The third kappa shape index (κ3) is 49.8. The normalized spacial score (nSPS) is 13.1. The number of allylic oxidation sites excluding steroid dienone is 14. The molecule has 0 aliphatic carbocycles. The number of hydrogen-bond acceptors (Lipinski definition) is 4. The Balaban J connectivity index is 3.46. The van der Waals surface area contributed by atoms with Crippen LogP contribution in [0, 0.1) is 0 Å². The molecule has 1 unspecified atom stereocenters. The van der Waals surface area contributed by atoms with Crippen LogP contribution in [0.3, 0.4) is 0 Å². The molecular weight excluding hydrogens is 725 g/mol. The zero-order valence-electron chi connectivity index (χ0n) is 39.0. The third-order valence-electron chi connectivity index (χ3n) is 10.7. The summed E-state index contributed by atoms with van der Waals surface area (Å²) in [5.74, 6) is -0.209. The highest BCUT2D eigenvalue weighted by Gasteiger charge is 2.13. The minimum absolute atomic E-state index is 0.179. The van der Waals surface area contributed by atoms with Crippen molar-refractivity contribution in [2.24, 2.45) is 0 Å². The summed E-state index contributed by atoms with van der Waals surface area (Å²) in [6, 6.07) is 0. The molecule has 1 atom stereocenters. The zero-order chi connectivity index (χ0) is 42.6. The van der Waals surface area contributed by atoms with Gasteiger partial charge in [-0.05, 0) is 89.9 Å². The lowest BCUT2D eigenvalue weighted by Gasteiger charge is -2.16. The van der Waals surface area contributed by atoms with Crippen molar-refractivity contribution in [1.82, 2.24) is 0 Å². The topological polar surface area (TPSA) is 55.8 Å². The van der Waals surface area contributed by atoms with Crippen LogP contribution in [-0.4, -0.2) is 37.0 Å². The molecule has 0 bridgehead atoms. The van der Waals surface area contributed by atoms with Crippen molar-refractivity contribution in [3.8, 4) is 0 Å². The van der Waals surface area contributed by atoms with E-state index < -0.39 is 6.10 Å². The summed E-state index contributed by atoms with van der Waals surface area (Å²) < 4.78 is 11.2. The SMILES string of the molecule is CC/C=C\C/C=C\C/C=C\C/C=C\CCCCCCCCCCCCC(=O)OC(CO)COCCCCCCCCCCC/C=C\C/C=C\C/C=C\CCCCCCC. The van der Waals surface area contributed by atoms with Crippen LogP contribution in [0.15, 0.2) is 85.1 Å². The van der Waals surface area contributed by atoms with Crippen molar-refractivity contribution in [2.75, 3.05) is 19.8 Å². The van der Waals surface area contributed by atoms with Gasteiger partial charge in [0.1, 0.15) is 6.10 Å². The Bertz CT molecular complexity index is 1050. The molecule has 0 saturated heterocycles. The summed E-state index contributed by atoms with van der Waals surface area (Å²) in [6.07, 6.45) is 72.4. The Kier molecular flexibility index (Phi) is 49.6. The molecule has 340 valence electrons. The lowest BCUT2D eigenvalue weighted by molar-refractivity contribution is -0.154. The van der Waals surface area contributed by atoms with Crippen molar-refractivity contribution in [2.45, 2.75) is 238 Å². The molecule has 0 aliphatic heterocycles. The maximum absolute atomic E-state index is 12.3. The van der Waals surface area contributed by atoms with Gasteiger partial charge < -0.3 is 14.6 Å². The monoisotopic (exact) mass is 821 g/mol. The van der Waals surface area contributed by atoms with Gasteiger partial charge in [0, 0.05) is 13.0 Å². The summed E-state index contributed by atoms with van der Waals surface area (Å²) in [5.41, 5.74) is 0. The average molecular weight is 821 g/mol. The molecule has 0 amide bonds. The van der Waals surface area contributed by atoms with Gasteiger partial charge >= 0.3 is 5.97 Å². The molecule has 0 rings (SSSR count). The number of esters is 1. The van der Waals surface area contributed by atoms with Crippen molar-refractivity contribution >= 4 is 5.97 Å². The second-order valence-electron chi connectivity index (χ2n) is 16.5. The molecule has 0 radical (unpaired) electrons. The van der Waals surface area contributed by atoms with Crippen LogP contribution >= 0.6 is 0 Å². The standard InChI is InChI=1S/C55H96O4/c1-3-5-7-9-11-13-15-17-19-21-23-25-27-29-31-33-35-37-39-41-43-45-47-49-51-58-53-54(52-56)59-55(57)50-48-46-44-42-40-38-36-34-32-30-28-26-24-22-20-18-16-14-12-10-8-6-4-2/h6,8,12,14-15,17-18,20-21,23-24,26-27,29,54,56H,3-5,7,9-11,13,16,19,22,25,28,30-53H2,1-2H3/b8-6-,14-12-,17-15-,20-18-,23-21-,26-24-,29-27-. The first-order valence-electron chi connectivity index (χ1n) is 25.2. The fourth-order valence-corrected chi connectivity index (χ4v) is 6.97. The van der Waals surface area contributed by atoms with Crippen LogP contribution in [0.1, 0.15) is 232 Å². The van der Waals surface area contributed by atoms with Gasteiger partial charge in [0.05, 0.1) is 13.2 Å². The van der Waals surface area contributed by atoms with Crippen LogP contribution in [0.4, 0.5) is 0 Å². The summed E-state index contributed by atoms with van der Waals surface area (Å²) in [7, 11) is 0. The quantitative estimate of drug-likeness (QED) is 0.0378. The molecular formula is C55H96O4. The lowest BCUT2D eigenvalue weighted by Crippen LogP contribution is -2.27. The molecule has 0 spiro atoms. The molecule has 0 aromatic heterocycles. The number of aliphatic hydroxyl groups excluding tert-OH is 1. The van der Waals surface area contributed by atoms with Crippen LogP contribution in [0.25, 0.3) is 0 Å². The van der Waals surface area contributed by atoms with Gasteiger partial charge in [-0.1, -0.05) is 221 Å². The first-order valence-corrected chi connectivity index (χ1v) is 25.2. The number of carbonyl (C=O) groups is 1. The fraction of sp³-hybridized carbons (Fsp3) is 0.727. The Labute approximate surface area is 367 Å². The summed E-state index contributed by atoms with van der Waals surface area (Å²) in [4.78, 5) is 12.3. The van der Waals surface area contributed by atoms with Crippen molar-refractivity contribution < 1.29 is 19.4 Å². The highest BCUT2D eigenvalue weighted by Crippen LogP contribution is 2.14. The number of aliphatic hydroxyl groups is 1. The second-order valence-corrected chi connectivity index (χ2v) is 16.5. The van der Waals surface area contributed by atoms with E-state index in [4.69, 9.17) is 9.47 Å². The van der Waals surface area contributed by atoms with Gasteiger partial charge in [-0.25, -0.2) is 0 Å².